The first-order chi connectivity index (χ1) is 13.0. The van der Waals surface area contributed by atoms with Crippen LogP contribution in [0.5, 0.6) is 0 Å². The van der Waals surface area contributed by atoms with Crippen molar-refractivity contribution < 1.29 is 9.53 Å². The molecule has 27 heavy (non-hydrogen) atoms. The third-order valence-electron chi connectivity index (χ3n) is 4.47. The van der Waals surface area contributed by atoms with Gasteiger partial charge in [-0.15, -0.1) is 0 Å². The largest absolute Gasteiger partial charge is 0.459 e. The van der Waals surface area contributed by atoms with Crippen LogP contribution in [0.15, 0.2) is 54.7 Å². The average molecular weight is 399 g/mol. The molecule has 2 aromatic carbocycles. The number of esters is 1. The normalized spacial score (nSPS) is 11.2. The second kappa shape index (κ2) is 7.22. The fraction of sp³-hybridized carbons (Fsp3) is 0.143. The number of fused-ring (bicyclic) bond motifs is 3. The lowest BCUT2D eigenvalue weighted by molar-refractivity contribution is -0.142. The predicted molar refractivity (Wildman–Crippen MR) is 108 cm³/mol. The lowest BCUT2D eigenvalue weighted by atomic mass is 10.2. The Balaban J connectivity index is 1.86. The van der Waals surface area contributed by atoms with E-state index in [1.165, 1.54) is 6.92 Å². The molecule has 0 amide bonds. The molecule has 4 rings (SSSR count). The summed E-state index contributed by atoms with van der Waals surface area (Å²) in [6, 6.07) is 15.6. The van der Waals surface area contributed by atoms with Crippen LogP contribution in [0.1, 0.15) is 18.2 Å². The maximum absolute atomic E-state index is 11.1. The lowest BCUT2D eigenvalue weighted by Crippen LogP contribution is -2.02. The van der Waals surface area contributed by atoms with Crippen molar-refractivity contribution >= 4 is 51.0 Å². The molecule has 2 aromatic heterocycles. The molecule has 0 aliphatic carbocycles. The Kier molecular flexibility index (Phi) is 4.77. The first-order valence-corrected chi connectivity index (χ1v) is 9.21. The zero-order valence-corrected chi connectivity index (χ0v) is 16.1. The molecule has 4 nitrogen and oxygen atoms in total. The molecular formula is C21H16Cl2N2O2. The molecule has 6 heteroatoms. The molecular weight excluding hydrogens is 383 g/mol. The molecule has 0 N–H and O–H groups in total. The molecule has 0 bridgehead atoms. The summed E-state index contributed by atoms with van der Waals surface area (Å²) in [5.74, 6) is -0.324. The Morgan fingerprint density at radius 3 is 2.70 bits per heavy atom. The van der Waals surface area contributed by atoms with Crippen molar-refractivity contribution in [2.75, 3.05) is 0 Å². The molecule has 136 valence electrons. The van der Waals surface area contributed by atoms with Gasteiger partial charge in [-0.25, -0.2) is 0 Å². The van der Waals surface area contributed by atoms with Gasteiger partial charge in [0.2, 0.25) is 0 Å². The second-order valence-corrected chi connectivity index (χ2v) is 7.16. The molecule has 0 radical (unpaired) electrons. The summed E-state index contributed by atoms with van der Waals surface area (Å²) in [5.41, 5.74) is 3.71. The SMILES string of the molecule is CC(=O)OCc1cc2c3ccccc3n(Cc3cc(Cl)ccc3Cl)c2cn1. The number of benzene rings is 2. The number of nitrogens with zero attached hydrogens (tertiary/aromatic N) is 2. The van der Waals surface area contributed by atoms with Crippen molar-refractivity contribution in [3.63, 3.8) is 0 Å². The molecule has 0 saturated heterocycles. The highest BCUT2D eigenvalue weighted by Gasteiger charge is 2.13. The van der Waals surface area contributed by atoms with Crippen molar-refractivity contribution in [2.24, 2.45) is 0 Å². The zero-order chi connectivity index (χ0) is 19.0. The standard InChI is InChI=1S/C21H16Cl2N2O2/c1-13(26)27-12-16-9-18-17-4-2-3-5-20(17)25(21(18)10-24-16)11-14-8-15(22)6-7-19(14)23/h2-10H,11-12H2,1H3. The van der Waals surface area contributed by atoms with Gasteiger partial charge in [0.1, 0.15) is 6.61 Å². The van der Waals surface area contributed by atoms with E-state index in [0.717, 1.165) is 27.4 Å². The first kappa shape index (κ1) is 17.8. The van der Waals surface area contributed by atoms with Gasteiger partial charge in [-0.1, -0.05) is 41.4 Å². The van der Waals surface area contributed by atoms with Crippen LogP contribution in [0.2, 0.25) is 10.0 Å². The van der Waals surface area contributed by atoms with Gasteiger partial charge in [0.25, 0.3) is 0 Å². The molecule has 2 heterocycles. The smallest absolute Gasteiger partial charge is 0.303 e. The van der Waals surface area contributed by atoms with Crippen LogP contribution in [0, 0.1) is 0 Å². The first-order valence-electron chi connectivity index (χ1n) is 8.46. The van der Waals surface area contributed by atoms with E-state index in [9.17, 15) is 4.79 Å². The minimum Gasteiger partial charge on any atom is -0.459 e. The van der Waals surface area contributed by atoms with Gasteiger partial charge in [0, 0.05) is 39.8 Å². The van der Waals surface area contributed by atoms with Gasteiger partial charge < -0.3 is 9.30 Å². The Hall–Kier alpha value is -2.56. The summed E-state index contributed by atoms with van der Waals surface area (Å²) in [7, 11) is 0. The van der Waals surface area contributed by atoms with E-state index in [4.69, 9.17) is 27.9 Å². The highest BCUT2D eigenvalue weighted by atomic mass is 35.5. The van der Waals surface area contributed by atoms with Gasteiger partial charge in [-0.05, 0) is 35.9 Å². The summed E-state index contributed by atoms with van der Waals surface area (Å²) in [4.78, 5) is 15.5. The highest BCUT2D eigenvalue weighted by Crippen LogP contribution is 2.31. The van der Waals surface area contributed by atoms with E-state index in [0.29, 0.717) is 22.3 Å². The fourth-order valence-corrected chi connectivity index (χ4v) is 3.62. The molecule has 0 aliphatic rings. The number of ether oxygens (including phenoxy) is 1. The maximum Gasteiger partial charge on any atom is 0.303 e. The van der Waals surface area contributed by atoms with E-state index in [1.54, 1.807) is 6.07 Å². The third kappa shape index (κ3) is 3.51. The van der Waals surface area contributed by atoms with E-state index < -0.39 is 0 Å². The van der Waals surface area contributed by atoms with Crippen LogP contribution in [-0.2, 0) is 22.7 Å². The maximum atomic E-state index is 11.1. The molecule has 0 atom stereocenters. The minimum absolute atomic E-state index is 0.158. The second-order valence-electron chi connectivity index (χ2n) is 6.31. The van der Waals surface area contributed by atoms with Crippen LogP contribution in [0.3, 0.4) is 0 Å². The van der Waals surface area contributed by atoms with Crippen molar-refractivity contribution in [3.05, 3.63) is 76.0 Å². The Morgan fingerprint density at radius 1 is 1.07 bits per heavy atom. The minimum atomic E-state index is -0.324. The summed E-state index contributed by atoms with van der Waals surface area (Å²) >= 11 is 12.5. The number of aromatic nitrogens is 2. The summed E-state index contributed by atoms with van der Waals surface area (Å²) in [5, 5.41) is 3.49. The molecule has 4 aromatic rings. The van der Waals surface area contributed by atoms with Crippen LogP contribution in [0.25, 0.3) is 21.8 Å². The summed E-state index contributed by atoms with van der Waals surface area (Å²) < 4.78 is 7.25. The van der Waals surface area contributed by atoms with Crippen LogP contribution in [-0.4, -0.2) is 15.5 Å². The Bertz CT molecular complexity index is 1170. The van der Waals surface area contributed by atoms with Gasteiger partial charge in [-0.2, -0.15) is 0 Å². The van der Waals surface area contributed by atoms with Crippen LogP contribution in [0.4, 0.5) is 0 Å². The molecule has 0 spiro atoms. The van der Waals surface area contributed by atoms with Crippen LogP contribution >= 0.6 is 23.2 Å². The molecule has 0 saturated carbocycles. The number of rotatable bonds is 4. The topological polar surface area (TPSA) is 44.1 Å². The molecule has 0 unspecified atom stereocenters. The summed E-state index contributed by atoms with van der Waals surface area (Å²) in [6.45, 7) is 2.12. The van der Waals surface area contributed by atoms with E-state index in [-0.39, 0.29) is 12.6 Å². The van der Waals surface area contributed by atoms with Gasteiger partial charge >= 0.3 is 5.97 Å². The number of carbonyl (C=O) groups excluding carboxylic acids is 1. The Morgan fingerprint density at radius 2 is 1.89 bits per heavy atom. The van der Waals surface area contributed by atoms with Gasteiger partial charge in [0.15, 0.2) is 0 Å². The van der Waals surface area contributed by atoms with Crippen LogP contribution < -0.4 is 0 Å². The number of hydrogen-bond donors (Lipinski definition) is 0. The van der Waals surface area contributed by atoms with Gasteiger partial charge in [-0.3, -0.25) is 9.78 Å². The molecule has 0 aliphatic heterocycles. The Labute approximate surface area is 166 Å². The predicted octanol–water partition coefficient (Wildman–Crippen LogP) is 5.61. The number of carbonyl (C=O) groups is 1. The number of para-hydroxylation sites is 1. The average Bonchev–Trinajstić information content (AvgIpc) is 2.96. The zero-order valence-electron chi connectivity index (χ0n) is 14.6. The van der Waals surface area contributed by atoms with Crippen molar-refractivity contribution in [1.82, 2.24) is 9.55 Å². The van der Waals surface area contributed by atoms with Crippen molar-refractivity contribution in [1.29, 1.82) is 0 Å². The highest BCUT2D eigenvalue weighted by molar-refractivity contribution is 6.33. The fourth-order valence-electron chi connectivity index (χ4n) is 3.25. The van der Waals surface area contributed by atoms with E-state index in [2.05, 4.69) is 21.7 Å². The number of pyridine rings is 1. The third-order valence-corrected chi connectivity index (χ3v) is 5.08. The monoisotopic (exact) mass is 398 g/mol. The quantitative estimate of drug-likeness (QED) is 0.419. The van der Waals surface area contributed by atoms with E-state index in [1.807, 2.05) is 36.5 Å². The number of hydrogen-bond acceptors (Lipinski definition) is 3. The lowest BCUT2D eigenvalue weighted by Gasteiger charge is -2.10. The van der Waals surface area contributed by atoms with Gasteiger partial charge in [0.05, 0.1) is 17.4 Å². The van der Waals surface area contributed by atoms with E-state index >= 15 is 0 Å². The van der Waals surface area contributed by atoms with Crippen molar-refractivity contribution in [2.45, 2.75) is 20.1 Å². The number of halogens is 2. The van der Waals surface area contributed by atoms with Crippen molar-refractivity contribution in [3.8, 4) is 0 Å². The summed E-state index contributed by atoms with van der Waals surface area (Å²) in [6.07, 6.45) is 1.81. The molecule has 0 fully saturated rings.